The van der Waals surface area contributed by atoms with E-state index in [1.807, 2.05) is 0 Å². The lowest BCUT2D eigenvalue weighted by molar-refractivity contribution is -0.116. The van der Waals surface area contributed by atoms with Crippen LogP contribution in [0.5, 0.6) is 0 Å². The molecule has 8 nitrogen and oxygen atoms in total. The molecule has 1 fully saturated rings. The maximum atomic E-state index is 11.8. The number of ether oxygens (including phenoxy) is 1. The fourth-order valence-electron chi connectivity index (χ4n) is 2.00. The average molecular weight is 267 g/mol. The molecule has 1 aliphatic heterocycles. The molecule has 1 aromatic rings. The number of nitrogens with zero attached hydrogens (tertiary/aromatic N) is 2. The number of carbonyl (C=O) groups excluding carboxylic acids is 1. The van der Waals surface area contributed by atoms with Gasteiger partial charge in [0.1, 0.15) is 5.82 Å². The summed E-state index contributed by atoms with van der Waals surface area (Å²) in [5.74, 6) is 0.0579. The molecule has 1 atom stereocenters. The van der Waals surface area contributed by atoms with E-state index in [0.29, 0.717) is 24.2 Å². The van der Waals surface area contributed by atoms with Crippen LogP contribution in [0.2, 0.25) is 0 Å². The Labute approximate surface area is 110 Å². The van der Waals surface area contributed by atoms with E-state index >= 15 is 0 Å². The van der Waals surface area contributed by atoms with E-state index in [-0.39, 0.29) is 17.8 Å². The van der Waals surface area contributed by atoms with Crippen molar-refractivity contribution in [1.82, 2.24) is 10.2 Å². The number of aromatic amines is 1. The second-order valence-electron chi connectivity index (χ2n) is 4.37. The van der Waals surface area contributed by atoms with Gasteiger partial charge >= 0.3 is 0 Å². The molecular formula is C11H17N5O3. The normalized spacial score (nSPS) is 19.6. The first-order chi connectivity index (χ1) is 9.20. The van der Waals surface area contributed by atoms with E-state index in [1.165, 1.54) is 6.20 Å². The van der Waals surface area contributed by atoms with Crippen LogP contribution in [0.15, 0.2) is 11.4 Å². The molecule has 19 heavy (non-hydrogen) atoms. The van der Waals surface area contributed by atoms with E-state index in [2.05, 4.69) is 20.7 Å². The number of H-pyrrole nitrogens is 1. The average Bonchev–Trinajstić information content (AvgIpc) is 3.06. The van der Waals surface area contributed by atoms with Gasteiger partial charge in [-0.25, -0.2) is 0 Å². The number of amides is 1. The predicted molar refractivity (Wildman–Crippen MR) is 67.9 cm³/mol. The molecule has 0 saturated carbocycles. The summed E-state index contributed by atoms with van der Waals surface area (Å²) in [7, 11) is 0. The van der Waals surface area contributed by atoms with E-state index < -0.39 is 0 Å². The molecule has 0 radical (unpaired) electrons. The maximum absolute atomic E-state index is 11.8. The molecule has 1 unspecified atom stereocenters. The Morgan fingerprint density at radius 3 is 3.26 bits per heavy atom. The second kappa shape index (κ2) is 6.19. The zero-order valence-electron chi connectivity index (χ0n) is 10.4. The van der Waals surface area contributed by atoms with Gasteiger partial charge in [0.25, 0.3) is 0 Å². The summed E-state index contributed by atoms with van der Waals surface area (Å²) in [6.45, 7) is 0.778. The molecule has 1 amide bonds. The van der Waals surface area contributed by atoms with Crippen molar-refractivity contribution in [2.24, 2.45) is 10.9 Å². The number of hydrogen-bond donors (Lipinski definition) is 4. The highest BCUT2D eigenvalue weighted by Crippen LogP contribution is 2.17. The monoisotopic (exact) mass is 267 g/mol. The molecule has 104 valence electrons. The Bertz CT molecular complexity index is 465. The molecule has 0 spiro atoms. The maximum Gasteiger partial charge on any atom is 0.225 e. The summed E-state index contributed by atoms with van der Waals surface area (Å²) in [6, 6.07) is 0. The summed E-state index contributed by atoms with van der Waals surface area (Å²) in [4.78, 5) is 11.8. The van der Waals surface area contributed by atoms with Crippen molar-refractivity contribution >= 4 is 17.6 Å². The summed E-state index contributed by atoms with van der Waals surface area (Å²) >= 11 is 0. The fraction of sp³-hybridized carbons (Fsp3) is 0.545. The van der Waals surface area contributed by atoms with Crippen LogP contribution in [0.4, 0.5) is 5.82 Å². The standard InChI is InChI=1S/C11H17N5O3/c12-10(16-18)8-6-13-15-11(8)14-9(17)4-3-7-2-1-5-19-7/h6-7,18H,1-5H2,(H2,12,16)(H2,13,14,15,17). The Balaban J connectivity index is 1.86. The van der Waals surface area contributed by atoms with Crippen molar-refractivity contribution in [2.75, 3.05) is 11.9 Å². The SMILES string of the molecule is NC(=NO)c1cn[nH]c1NC(=O)CCC1CCCO1. The van der Waals surface area contributed by atoms with Gasteiger partial charge in [-0.05, 0) is 19.3 Å². The first kappa shape index (κ1) is 13.3. The van der Waals surface area contributed by atoms with Gasteiger partial charge in [0, 0.05) is 13.0 Å². The van der Waals surface area contributed by atoms with Gasteiger partial charge in [0.05, 0.1) is 17.9 Å². The van der Waals surface area contributed by atoms with Crippen molar-refractivity contribution in [1.29, 1.82) is 0 Å². The summed E-state index contributed by atoms with van der Waals surface area (Å²) in [5, 5.41) is 20.5. The van der Waals surface area contributed by atoms with Gasteiger partial charge in [-0.2, -0.15) is 5.10 Å². The number of nitrogens with one attached hydrogen (secondary N) is 2. The lowest BCUT2D eigenvalue weighted by atomic mass is 10.1. The molecule has 5 N–H and O–H groups in total. The molecule has 0 aliphatic carbocycles. The predicted octanol–water partition coefficient (Wildman–Crippen LogP) is 0.402. The van der Waals surface area contributed by atoms with Crippen LogP contribution < -0.4 is 11.1 Å². The Morgan fingerprint density at radius 1 is 1.74 bits per heavy atom. The molecule has 1 saturated heterocycles. The molecule has 0 bridgehead atoms. The number of rotatable bonds is 5. The van der Waals surface area contributed by atoms with E-state index in [0.717, 1.165) is 19.4 Å². The number of aromatic nitrogens is 2. The summed E-state index contributed by atoms with van der Waals surface area (Å²) in [6.07, 6.45) is 4.67. The minimum Gasteiger partial charge on any atom is -0.409 e. The molecule has 2 rings (SSSR count). The zero-order chi connectivity index (χ0) is 13.7. The van der Waals surface area contributed by atoms with Gasteiger partial charge in [0.2, 0.25) is 5.91 Å². The third kappa shape index (κ3) is 3.44. The molecule has 1 aliphatic rings. The number of anilines is 1. The number of amidine groups is 1. The largest absolute Gasteiger partial charge is 0.409 e. The minimum atomic E-state index is -0.160. The van der Waals surface area contributed by atoms with Gasteiger partial charge in [-0.15, -0.1) is 0 Å². The lowest BCUT2D eigenvalue weighted by Gasteiger charge is -2.09. The molecule has 0 aromatic carbocycles. The Kier molecular flexibility index (Phi) is 4.35. The second-order valence-corrected chi connectivity index (χ2v) is 4.37. The number of nitrogens with two attached hydrogens (primary N) is 1. The van der Waals surface area contributed by atoms with Gasteiger partial charge in [-0.1, -0.05) is 5.16 Å². The minimum absolute atomic E-state index is 0.108. The fourth-order valence-corrected chi connectivity index (χ4v) is 2.00. The molecule has 1 aromatic heterocycles. The van der Waals surface area contributed by atoms with Crippen LogP contribution in [-0.2, 0) is 9.53 Å². The van der Waals surface area contributed by atoms with Crippen LogP contribution in [-0.4, -0.2) is 39.9 Å². The van der Waals surface area contributed by atoms with E-state index in [1.54, 1.807) is 0 Å². The molecule has 2 heterocycles. The number of hydrogen-bond acceptors (Lipinski definition) is 5. The van der Waals surface area contributed by atoms with Gasteiger partial charge < -0.3 is 21.0 Å². The lowest BCUT2D eigenvalue weighted by Crippen LogP contribution is -2.19. The smallest absolute Gasteiger partial charge is 0.225 e. The first-order valence-corrected chi connectivity index (χ1v) is 6.13. The molecule has 8 heteroatoms. The van der Waals surface area contributed by atoms with Crippen molar-refractivity contribution in [3.05, 3.63) is 11.8 Å². The molecular weight excluding hydrogens is 250 g/mol. The third-order valence-corrected chi connectivity index (χ3v) is 3.00. The highest BCUT2D eigenvalue weighted by atomic mass is 16.5. The van der Waals surface area contributed by atoms with Gasteiger partial charge in [-0.3, -0.25) is 9.89 Å². The van der Waals surface area contributed by atoms with Gasteiger partial charge in [0.15, 0.2) is 5.84 Å². The Morgan fingerprint density at radius 2 is 2.58 bits per heavy atom. The van der Waals surface area contributed by atoms with E-state index in [9.17, 15) is 4.79 Å². The summed E-state index contributed by atoms with van der Waals surface area (Å²) < 4.78 is 5.45. The van der Waals surface area contributed by atoms with Crippen LogP contribution in [0.25, 0.3) is 0 Å². The highest BCUT2D eigenvalue weighted by molar-refractivity contribution is 6.04. The highest BCUT2D eigenvalue weighted by Gasteiger charge is 2.18. The van der Waals surface area contributed by atoms with E-state index in [4.69, 9.17) is 15.7 Å². The van der Waals surface area contributed by atoms with Crippen LogP contribution in [0.1, 0.15) is 31.2 Å². The number of carbonyl (C=O) groups is 1. The number of oxime groups is 1. The van der Waals surface area contributed by atoms with Crippen LogP contribution in [0, 0.1) is 0 Å². The zero-order valence-corrected chi connectivity index (χ0v) is 10.4. The quantitative estimate of drug-likeness (QED) is 0.266. The topological polar surface area (TPSA) is 126 Å². The van der Waals surface area contributed by atoms with Crippen molar-refractivity contribution in [3.63, 3.8) is 0 Å². The van der Waals surface area contributed by atoms with Crippen molar-refractivity contribution < 1.29 is 14.7 Å². The van der Waals surface area contributed by atoms with Crippen LogP contribution >= 0.6 is 0 Å². The first-order valence-electron chi connectivity index (χ1n) is 6.13. The van der Waals surface area contributed by atoms with Crippen molar-refractivity contribution in [3.8, 4) is 0 Å². The van der Waals surface area contributed by atoms with Crippen LogP contribution in [0.3, 0.4) is 0 Å². The Hall–Kier alpha value is -2.09. The third-order valence-electron chi connectivity index (χ3n) is 3.00. The summed E-state index contributed by atoms with van der Waals surface area (Å²) in [5.41, 5.74) is 5.81. The van der Waals surface area contributed by atoms with Crippen molar-refractivity contribution in [2.45, 2.75) is 31.8 Å².